The number of carbonyl (C=O) groups is 1. The molecular weight excluding hydrogens is 244 g/mol. The molecule has 2 heterocycles. The second-order valence-electron chi connectivity index (χ2n) is 4.27. The van der Waals surface area contributed by atoms with Crippen LogP contribution in [0.4, 0.5) is 5.69 Å². The Morgan fingerprint density at radius 2 is 2.05 bits per heavy atom. The van der Waals surface area contributed by atoms with Crippen molar-refractivity contribution < 1.29 is 14.3 Å². The summed E-state index contributed by atoms with van der Waals surface area (Å²) in [6.07, 6.45) is 3.34. The van der Waals surface area contributed by atoms with Gasteiger partial charge in [0.25, 0.3) is 5.91 Å². The second kappa shape index (κ2) is 4.61. The van der Waals surface area contributed by atoms with E-state index in [1.54, 1.807) is 30.6 Å². The zero-order valence-electron chi connectivity index (χ0n) is 10.3. The summed E-state index contributed by atoms with van der Waals surface area (Å²) < 4.78 is 10.4. The van der Waals surface area contributed by atoms with Crippen molar-refractivity contribution in [2.75, 3.05) is 12.1 Å². The number of fused-ring (bicyclic) bond motifs is 1. The molecule has 0 saturated heterocycles. The van der Waals surface area contributed by atoms with Crippen LogP contribution in [0.25, 0.3) is 0 Å². The largest absolute Gasteiger partial charge is 0.454 e. The first-order valence-electron chi connectivity index (χ1n) is 5.85. The van der Waals surface area contributed by atoms with Crippen molar-refractivity contribution >= 4 is 11.6 Å². The van der Waals surface area contributed by atoms with Crippen LogP contribution in [0.5, 0.6) is 11.5 Å². The minimum Gasteiger partial charge on any atom is -0.454 e. The second-order valence-corrected chi connectivity index (χ2v) is 4.27. The SMILES string of the molecule is Cc1cncc(NC(=O)c2ccc3c(c2)OCO3)c1. The fourth-order valence-electron chi connectivity index (χ4n) is 1.86. The highest BCUT2D eigenvalue weighted by Gasteiger charge is 2.16. The molecule has 2 aromatic rings. The van der Waals surface area contributed by atoms with Crippen LogP contribution in [0.15, 0.2) is 36.7 Å². The lowest BCUT2D eigenvalue weighted by atomic mass is 10.2. The summed E-state index contributed by atoms with van der Waals surface area (Å²) in [5, 5.41) is 2.79. The molecule has 1 aromatic carbocycles. The van der Waals surface area contributed by atoms with Gasteiger partial charge >= 0.3 is 0 Å². The van der Waals surface area contributed by atoms with Crippen molar-refractivity contribution in [3.8, 4) is 11.5 Å². The molecule has 0 aliphatic carbocycles. The predicted molar refractivity (Wildman–Crippen MR) is 69.5 cm³/mol. The molecule has 1 N–H and O–H groups in total. The molecule has 1 aliphatic rings. The van der Waals surface area contributed by atoms with Gasteiger partial charge in [-0.2, -0.15) is 0 Å². The summed E-state index contributed by atoms with van der Waals surface area (Å²) >= 11 is 0. The quantitative estimate of drug-likeness (QED) is 0.896. The molecule has 3 rings (SSSR count). The molecule has 1 aromatic heterocycles. The van der Waals surface area contributed by atoms with E-state index in [0.717, 1.165) is 5.56 Å². The summed E-state index contributed by atoms with van der Waals surface area (Å²) in [4.78, 5) is 16.1. The van der Waals surface area contributed by atoms with Crippen LogP contribution in [0.3, 0.4) is 0 Å². The molecule has 0 atom stereocenters. The number of carbonyl (C=O) groups excluding carboxylic acids is 1. The van der Waals surface area contributed by atoms with Gasteiger partial charge in [0, 0.05) is 11.8 Å². The van der Waals surface area contributed by atoms with E-state index >= 15 is 0 Å². The first kappa shape index (κ1) is 11.5. The normalized spacial score (nSPS) is 12.3. The molecule has 0 radical (unpaired) electrons. The van der Waals surface area contributed by atoms with Crippen LogP contribution in [0, 0.1) is 6.92 Å². The van der Waals surface area contributed by atoms with Crippen LogP contribution in [0.1, 0.15) is 15.9 Å². The third-order valence-electron chi connectivity index (χ3n) is 2.77. The van der Waals surface area contributed by atoms with Crippen molar-refractivity contribution in [2.45, 2.75) is 6.92 Å². The van der Waals surface area contributed by atoms with Crippen LogP contribution in [0.2, 0.25) is 0 Å². The maximum atomic E-state index is 12.1. The summed E-state index contributed by atoms with van der Waals surface area (Å²) in [6, 6.07) is 6.95. The number of nitrogens with zero attached hydrogens (tertiary/aromatic N) is 1. The smallest absolute Gasteiger partial charge is 0.255 e. The van der Waals surface area contributed by atoms with E-state index < -0.39 is 0 Å². The van der Waals surface area contributed by atoms with Gasteiger partial charge in [-0.1, -0.05) is 0 Å². The Hall–Kier alpha value is -2.56. The molecule has 1 aliphatic heterocycles. The predicted octanol–water partition coefficient (Wildman–Crippen LogP) is 2.37. The van der Waals surface area contributed by atoms with Crippen molar-refractivity contribution in [2.24, 2.45) is 0 Å². The molecular formula is C14H12N2O3. The molecule has 19 heavy (non-hydrogen) atoms. The molecule has 5 nitrogen and oxygen atoms in total. The number of anilines is 1. The highest BCUT2D eigenvalue weighted by molar-refractivity contribution is 6.04. The van der Waals surface area contributed by atoms with Gasteiger partial charge in [-0.05, 0) is 36.8 Å². The first-order chi connectivity index (χ1) is 9.22. The highest BCUT2D eigenvalue weighted by Crippen LogP contribution is 2.32. The number of aromatic nitrogens is 1. The third-order valence-corrected chi connectivity index (χ3v) is 2.77. The number of amides is 1. The van der Waals surface area contributed by atoms with Crippen molar-refractivity contribution in [1.29, 1.82) is 0 Å². The number of hydrogen-bond donors (Lipinski definition) is 1. The van der Waals surface area contributed by atoms with Crippen molar-refractivity contribution in [3.63, 3.8) is 0 Å². The van der Waals surface area contributed by atoms with Crippen LogP contribution in [-0.4, -0.2) is 17.7 Å². The Morgan fingerprint density at radius 1 is 1.21 bits per heavy atom. The van der Waals surface area contributed by atoms with Gasteiger partial charge < -0.3 is 14.8 Å². The Labute approximate surface area is 110 Å². The number of rotatable bonds is 2. The van der Waals surface area contributed by atoms with E-state index in [1.807, 2.05) is 13.0 Å². The average molecular weight is 256 g/mol. The van der Waals surface area contributed by atoms with E-state index in [-0.39, 0.29) is 12.7 Å². The highest BCUT2D eigenvalue weighted by atomic mass is 16.7. The number of pyridine rings is 1. The Morgan fingerprint density at radius 3 is 2.89 bits per heavy atom. The Balaban J connectivity index is 1.81. The van der Waals surface area contributed by atoms with Gasteiger partial charge in [0.05, 0.1) is 11.9 Å². The van der Waals surface area contributed by atoms with E-state index in [2.05, 4.69) is 10.3 Å². The molecule has 1 amide bonds. The summed E-state index contributed by atoms with van der Waals surface area (Å²) in [7, 11) is 0. The van der Waals surface area contributed by atoms with Crippen LogP contribution >= 0.6 is 0 Å². The molecule has 5 heteroatoms. The molecule has 0 spiro atoms. The van der Waals surface area contributed by atoms with E-state index in [4.69, 9.17) is 9.47 Å². The van der Waals surface area contributed by atoms with Crippen LogP contribution < -0.4 is 14.8 Å². The molecule has 0 unspecified atom stereocenters. The zero-order chi connectivity index (χ0) is 13.2. The molecule has 0 saturated carbocycles. The Bertz CT molecular complexity index is 640. The first-order valence-corrected chi connectivity index (χ1v) is 5.85. The fourth-order valence-corrected chi connectivity index (χ4v) is 1.86. The fraction of sp³-hybridized carbons (Fsp3) is 0.143. The standard InChI is InChI=1S/C14H12N2O3/c1-9-4-11(7-15-6-9)16-14(17)10-2-3-12-13(5-10)19-8-18-12/h2-7H,8H2,1H3,(H,16,17). The summed E-state index contributed by atoms with van der Waals surface area (Å²) in [6.45, 7) is 2.12. The van der Waals surface area contributed by atoms with Crippen molar-refractivity contribution in [1.82, 2.24) is 4.98 Å². The minimum absolute atomic E-state index is 0.197. The average Bonchev–Trinajstić information content (AvgIpc) is 2.85. The number of hydrogen-bond acceptors (Lipinski definition) is 4. The molecule has 0 bridgehead atoms. The lowest BCUT2D eigenvalue weighted by molar-refractivity contribution is 0.102. The van der Waals surface area contributed by atoms with E-state index in [0.29, 0.717) is 22.7 Å². The summed E-state index contributed by atoms with van der Waals surface area (Å²) in [5.74, 6) is 1.05. The lowest BCUT2D eigenvalue weighted by Crippen LogP contribution is -2.12. The third kappa shape index (κ3) is 2.35. The lowest BCUT2D eigenvalue weighted by Gasteiger charge is -2.06. The van der Waals surface area contributed by atoms with Gasteiger partial charge in [-0.3, -0.25) is 9.78 Å². The maximum Gasteiger partial charge on any atom is 0.255 e. The Kier molecular flexibility index (Phi) is 2.79. The molecule has 0 fully saturated rings. The minimum atomic E-state index is -0.203. The van der Waals surface area contributed by atoms with Gasteiger partial charge in [0.2, 0.25) is 6.79 Å². The maximum absolute atomic E-state index is 12.1. The van der Waals surface area contributed by atoms with Gasteiger partial charge in [-0.15, -0.1) is 0 Å². The van der Waals surface area contributed by atoms with Gasteiger partial charge in [0.15, 0.2) is 11.5 Å². The van der Waals surface area contributed by atoms with E-state index in [9.17, 15) is 4.79 Å². The van der Waals surface area contributed by atoms with Crippen molar-refractivity contribution in [3.05, 3.63) is 47.8 Å². The van der Waals surface area contributed by atoms with Crippen LogP contribution in [-0.2, 0) is 0 Å². The number of nitrogens with one attached hydrogen (secondary N) is 1. The van der Waals surface area contributed by atoms with Gasteiger partial charge in [0.1, 0.15) is 0 Å². The topological polar surface area (TPSA) is 60.5 Å². The number of aryl methyl sites for hydroxylation is 1. The van der Waals surface area contributed by atoms with E-state index in [1.165, 1.54) is 0 Å². The number of ether oxygens (including phenoxy) is 2. The zero-order valence-corrected chi connectivity index (χ0v) is 10.3. The number of benzene rings is 1. The van der Waals surface area contributed by atoms with Gasteiger partial charge in [-0.25, -0.2) is 0 Å². The molecule has 96 valence electrons. The monoisotopic (exact) mass is 256 g/mol. The summed E-state index contributed by atoms with van der Waals surface area (Å²) in [5.41, 5.74) is 2.18.